The number of halogens is 1. The second kappa shape index (κ2) is 7.04. The van der Waals surface area contributed by atoms with Gasteiger partial charge in [-0.25, -0.2) is 19.4 Å². The van der Waals surface area contributed by atoms with E-state index in [2.05, 4.69) is 25.3 Å². The number of anilines is 1. The molecule has 3 rings (SSSR count). The van der Waals surface area contributed by atoms with Crippen molar-refractivity contribution in [3.8, 4) is 11.8 Å². The van der Waals surface area contributed by atoms with Gasteiger partial charge in [-0.15, -0.1) is 0 Å². The third kappa shape index (κ3) is 3.33. The van der Waals surface area contributed by atoms with Crippen LogP contribution in [-0.4, -0.2) is 57.3 Å². The van der Waals surface area contributed by atoms with E-state index in [0.717, 1.165) is 29.9 Å². The number of aliphatic hydroxyl groups excluding tert-OH is 1. The molecule has 0 atom stereocenters. The van der Waals surface area contributed by atoms with Gasteiger partial charge in [-0.05, 0) is 12.8 Å². The maximum atomic E-state index is 12.0. The lowest BCUT2D eigenvalue weighted by Crippen LogP contribution is -2.21. The molecular formula is C15H17FN6O4. The van der Waals surface area contributed by atoms with Gasteiger partial charge in [0.1, 0.15) is 16.9 Å². The van der Waals surface area contributed by atoms with Gasteiger partial charge in [-0.2, -0.15) is 10.1 Å². The fraction of sp³-hybridized carbons (Fsp3) is 0.400. The quantitative estimate of drug-likeness (QED) is 0.588. The first-order valence-electron chi connectivity index (χ1n) is 7.75. The molecule has 0 unspecified atom stereocenters. The minimum absolute atomic E-state index is 0.0344. The highest BCUT2D eigenvalue weighted by Gasteiger charge is 2.42. The molecule has 138 valence electrons. The SMILES string of the molecule is COc1nc(-n2cc(C(=O)OF)cn2)nc(C=N)c1NCC1(CO)CC1. The van der Waals surface area contributed by atoms with Gasteiger partial charge in [0.25, 0.3) is 5.95 Å². The number of rotatable bonds is 8. The summed E-state index contributed by atoms with van der Waals surface area (Å²) in [6.07, 6.45) is 5.15. The summed E-state index contributed by atoms with van der Waals surface area (Å²) in [5, 5.41) is 24.0. The Labute approximate surface area is 147 Å². The lowest BCUT2D eigenvalue weighted by Gasteiger charge is -2.17. The largest absolute Gasteiger partial charge is 0.479 e. The zero-order chi connectivity index (χ0) is 18.7. The molecule has 1 aliphatic carbocycles. The third-order valence-corrected chi connectivity index (χ3v) is 4.25. The molecule has 0 radical (unpaired) electrons. The number of nitrogens with zero attached hydrogens (tertiary/aromatic N) is 4. The minimum Gasteiger partial charge on any atom is -0.479 e. The molecule has 2 heterocycles. The molecule has 0 saturated heterocycles. The van der Waals surface area contributed by atoms with E-state index in [9.17, 15) is 14.4 Å². The molecule has 2 aromatic heterocycles. The van der Waals surface area contributed by atoms with Crippen LogP contribution < -0.4 is 10.1 Å². The molecule has 10 nitrogen and oxygen atoms in total. The highest BCUT2D eigenvalue weighted by atomic mass is 19.3. The number of carbonyl (C=O) groups excluding carboxylic acids is 1. The number of nitrogens with one attached hydrogen (secondary N) is 2. The van der Waals surface area contributed by atoms with Crippen LogP contribution in [0.2, 0.25) is 0 Å². The van der Waals surface area contributed by atoms with Crippen molar-refractivity contribution >= 4 is 17.9 Å². The molecule has 3 N–H and O–H groups in total. The Morgan fingerprint density at radius 3 is 2.88 bits per heavy atom. The Hall–Kier alpha value is -3.08. The number of carbonyl (C=O) groups is 1. The Bertz CT molecular complexity index is 836. The Kier molecular flexibility index (Phi) is 4.80. The number of methoxy groups -OCH3 is 1. The molecule has 26 heavy (non-hydrogen) atoms. The first kappa shape index (κ1) is 17.7. The summed E-state index contributed by atoms with van der Waals surface area (Å²) in [6, 6.07) is 0. The molecule has 1 aliphatic rings. The smallest absolute Gasteiger partial charge is 0.382 e. The van der Waals surface area contributed by atoms with Gasteiger partial charge in [0.15, 0.2) is 0 Å². The van der Waals surface area contributed by atoms with Crippen LogP contribution in [0.3, 0.4) is 0 Å². The van der Waals surface area contributed by atoms with Gasteiger partial charge in [0.05, 0.1) is 19.9 Å². The number of hydrogen-bond donors (Lipinski definition) is 3. The van der Waals surface area contributed by atoms with Crippen molar-refractivity contribution in [2.24, 2.45) is 5.41 Å². The second-order valence-electron chi connectivity index (χ2n) is 5.99. The Morgan fingerprint density at radius 1 is 1.54 bits per heavy atom. The monoisotopic (exact) mass is 364 g/mol. The van der Waals surface area contributed by atoms with Crippen LogP contribution in [0.25, 0.3) is 5.95 Å². The summed E-state index contributed by atoms with van der Waals surface area (Å²) in [4.78, 5) is 22.8. The average molecular weight is 364 g/mol. The van der Waals surface area contributed by atoms with E-state index in [1.807, 2.05) is 0 Å². The summed E-state index contributed by atoms with van der Waals surface area (Å²) in [7, 11) is 1.42. The van der Waals surface area contributed by atoms with Gasteiger partial charge in [-0.1, -0.05) is 0 Å². The standard InChI is InChI=1S/C15H17FN6O4/c1-25-12-11(18-7-15(8-23)2-3-15)10(4-17)20-14(21-12)22-6-9(5-19-22)13(24)26-16/h4-6,17-18,23H,2-3,7-8H2,1H3. The number of hydrogen-bond acceptors (Lipinski definition) is 9. The summed E-state index contributed by atoms with van der Waals surface area (Å²) >= 11 is 0. The lowest BCUT2D eigenvalue weighted by atomic mass is 10.1. The van der Waals surface area contributed by atoms with Crippen molar-refractivity contribution < 1.29 is 24.1 Å². The predicted octanol–water partition coefficient (Wildman–Crippen LogP) is 0.894. The minimum atomic E-state index is -1.19. The van der Waals surface area contributed by atoms with Gasteiger partial charge < -0.3 is 20.6 Å². The van der Waals surface area contributed by atoms with Gasteiger partial charge >= 0.3 is 5.97 Å². The van der Waals surface area contributed by atoms with E-state index >= 15 is 0 Å². The zero-order valence-corrected chi connectivity index (χ0v) is 13.9. The highest BCUT2D eigenvalue weighted by Crippen LogP contribution is 2.45. The fourth-order valence-corrected chi connectivity index (χ4v) is 2.39. The van der Waals surface area contributed by atoms with Crippen molar-refractivity contribution in [1.82, 2.24) is 19.7 Å². The first-order chi connectivity index (χ1) is 12.6. The fourth-order valence-electron chi connectivity index (χ4n) is 2.39. The van der Waals surface area contributed by atoms with E-state index in [-0.39, 0.29) is 35.1 Å². The van der Waals surface area contributed by atoms with E-state index < -0.39 is 5.97 Å². The van der Waals surface area contributed by atoms with Crippen LogP contribution >= 0.6 is 0 Å². The molecule has 1 fully saturated rings. The summed E-state index contributed by atoms with van der Waals surface area (Å²) in [5.74, 6) is -0.980. The van der Waals surface area contributed by atoms with Crippen molar-refractivity contribution in [2.75, 3.05) is 25.6 Å². The van der Waals surface area contributed by atoms with E-state index in [0.29, 0.717) is 12.2 Å². The van der Waals surface area contributed by atoms with Crippen LogP contribution in [-0.2, 0) is 4.94 Å². The topological polar surface area (TPSA) is 135 Å². The molecule has 1 saturated carbocycles. The van der Waals surface area contributed by atoms with Crippen LogP contribution in [0.5, 0.6) is 5.88 Å². The molecule has 2 aromatic rings. The zero-order valence-electron chi connectivity index (χ0n) is 13.9. The van der Waals surface area contributed by atoms with E-state index in [1.165, 1.54) is 13.3 Å². The van der Waals surface area contributed by atoms with Gasteiger partial charge in [-0.3, -0.25) is 0 Å². The number of aliphatic hydroxyl groups is 1. The van der Waals surface area contributed by atoms with E-state index in [1.54, 1.807) is 0 Å². The lowest BCUT2D eigenvalue weighted by molar-refractivity contribution is -0.0788. The maximum absolute atomic E-state index is 12.0. The van der Waals surface area contributed by atoms with Crippen molar-refractivity contribution in [1.29, 1.82) is 5.41 Å². The van der Waals surface area contributed by atoms with E-state index in [4.69, 9.17) is 10.1 Å². The van der Waals surface area contributed by atoms with Crippen LogP contribution in [0.4, 0.5) is 10.2 Å². The maximum Gasteiger partial charge on any atom is 0.382 e. The number of aromatic nitrogens is 4. The number of ether oxygens (including phenoxy) is 1. The third-order valence-electron chi connectivity index (χ3n) is 4.25. The second-order valence-corrected chi connectivity index (χ2v) is 5.99. The van der Waals surface area contributed by atoms with Crippen molar-refractivity contribution in [3.63, 3.8) is 0 Å². The molecule has 0 aromatic carbocycles. The molecule has 0 amide bonds. The van der Waals surface area contributed by atoms with Crippen molar-refractivity contribution in [2.45, 2.75) is 12.8 Å². The molecule has 11 heteroatoms. The molecule has 0 spiro atoms. The highest BCUT2D eigenvalue weighted by molar-refractivity contribution is 5.88. The summed E-state index contributed by atoms with van der Waals surface area (Å²) < 4.78 is 18.4. The van der Waals surface area contributed by atoms with Crippen LogP contribution in [0.15, 0.2) is 12.4 Å². The molecule has 0 aliphatic heterocycles. The molecule has 0 bridgehead atoms. The van der Waals surface area contributed by atoms with Crippen LogP contribution in [0, 0.1) is 10.8 Å². The average Bonchev–Trinajstić information content (AvgIpc) is 3.30. The van der Waals surface area contributed by atoms with Crippen molar-refractivity contribution in [3.05, 3.63) is 23.7 Å². The van der Waals surface area contributed by atoms with Gasteiger partial charge in [0.2, 0.25) is 5.88 Å². The normalized spacial score (nSPS) is 14.6. The van der Waals surface area contributed by atoms with Crippen LogP contribution in [0.1, 0.15) is 28.9 Å². The summed E-state index contributed by atoms with van der Waals surface area (Å²) in [5.41, 5.74) is 0.381. The Morgan fingerprint density at radius 2 is 2.31 bits per heavy atom. The summed E-state index contributed by atoms with van der Waals surface area (Å²) in [6.45, 7) is 0.569. The molecular weight excluding hydrogens is 347 g/mol. The Balaban J connectivity index is 1.92. The van der Waals surface area contributed by atoms with Gasteiger partial charge in [0, 0.05) is 28.9 Å². The predicted molar refractivity (Wildman–Crippen MR) is 87.4 cm³/mol. The first-order valence-corrected chi connectivity index (χ1v) is 7.75.